The minimum absolute atomic E-state index is 0.0585. The summed E-state index contributed by atoms with van der Waals surface area (Å²) >= 11 is 0. The van der Waals surface area contributed by atoms with Crippen LogP contribution in [0.4, 0.5) is 0 Å². The van der Waals surface area contributed by atoms with Crippen molar-refractivity contribution in [3.63, 3.8) is 0 Å². The summed E-state index contributed by atoms with van der Waals surface area (Å²) in [4.78, 5) is 51.0. The van der Waals surface area contributed by atoms with Gasteiger partial charge in [0.1, 0.15) is 12.1 Å². The molecule has 10 nitrogen and oxygen atoms in total. The zero-order valence-corrected chi connectivity index (χ0v) is 22.0. The van der Waals surface area contributed by atoms with Gasteiger partial charge in [-0.2, -0.15) is 0 Å². The molecular formula is C28H38N4O6. The predicted octanol–water partition coefficient (Wildman–Crippen LogP) is 0.765. The fourth-order valence-electron chi connectivity index (χ4n) is 3.81. The maximum Gasteiger partial charge on any atom is 0.328 e. The smallest absolute Gasteiger partial charge is 0.328 e. The normalized spacial score (nSPS) is 15.7. The highest BCUT2D eigenvalue weighted by atomic mass is 16.4. The number of carboxylic acids is 1. The number of aliphatic carboxylic acids is 1. The lowest BCUT2D eigenvalue weighted by Crippen LogP contribution is -2.59. The van der Waals surface area contributed by atoms with Crippen molar-refractivity contribution in [2.45, 2.75) is 70.3 Å². The molecule has 0 radical (unpaired) electrons. The van der Waals surface area contributed by atoms with Crippen LogP contribution in [0.5, 0.6) is 0 Å². The van der Waals surface area contributed by atoms with Gasteiger partial charge in [0.25, 0.3) is 0 Å². The van der Waals surface area contributed by atoms with Gasteiger partial charge in [-0.15, -0.1) is 0 Å². The summed E-state index contributed by atoms with van der Waals surface area (Å²) in [6, 6.07) is 13.4. The topological polar surface area (TPSA) is 171 Å². The second kappa shape index (κ2) is 14.8. The highest BCUT2D eigenvalue weighted by molar-refractivity contribution is 5.94. The van der Waals surface area contributed by atoms with Crippen molar-refractivity contribution in [3.05, 3.63) is 71.8 Å². The molecule has 206 valence electrons. The molecule has 2 aromatic carbocycles. The van der Waals surface area contributed by atoms with Gasteiger partial charge in [0.2, 0.25) is 17.7 Å². The van der Waals surface area contributed by atoms with E-state index in [-0.39, 0.29) is 18.8 Å². The first-order valence-corrected chi connectivity index (χ1v) is 12.7. The molecule has 38 heavy (non-hydrogen) atoms. The minimum atomic E-state index is -1.56. The number of amides is 3. The van der Waals surface area contributed by atoms with E-state index < -0.39 is 54.0 Å². The first kappa shape index (κ1) is 30.5. The van der Waals surface area contributed by atoms with Crippen LogP contribution >= 0.6 is 0 Å². The Morgan fingerprint density at radius 3 is 1.58 bits per heavy atom. The monoisotopic (exact) mass is 526 g/mol. The molecule has 0 aromatic heterocycles. The average molecular weight is 527 g/mol. The Balaban J connectivity index is 2.31. The second-order valence-corrected chi connectivity index (χ2v) is 9.48. The summed E-state index contributed by atoms with van der Waals surface area (Å²) in [6.07, 6.45) is -0.478. The van der Waals surface area contributed by atoms with Crippen molar-refractivity contribution in [3.8, 4) is 0 Å². The molecule has 0 fully saturated rings. The minimum Gasteiger partial charge on any atom is -0.480 e. The largest absolute Gasteiger partial charge is 0.480 e. The zero-order valence-electron chi connectivity index (χ0n) is 22.0. The molecule has 2 aromatic rings. The summed E-state index contributed by atoms with van der Waals surface area (Å²) in [5, 5.41) is 26.9. The number of hydrogen-bond donors (Lipinski definition) is 6. The molecule has 10 heteroatoms. The second-order valence-electron chi connectivity index (χ2n) is 9.48. The first-order chi connectivity index (χ1) is 18.0. The number of rotatable bonds is 14. The Labute approximate surface area is 223 Å². The number of aliphatic hydroxyl groups is 1. The van der Waals surface area contributed by atoms with E-state index in [2.05, 4.69) is 16.0 Å². The molecule has 6 atom stereocenters. The Morgan fingerprint density at radius 2 is 1.18 bits per heavy atom. The van der Waals surface area contributed by atoms with Crippen LogP contribution < -0.4 is 21.7 Å². The molecule has 0 saturated carbocycles. The molecule has 7 N–H and O–H groups in total. The van der Waals surface area contributed by atoms with Gasteiger partial charge < -0.3 is 31.9 Å². The van der Waals surface area contributed by atoms with Crippen LogP contribution in [0.3, 0.4) is 0 Å². The van der Waals surface area contributed by atoms with E-state index in [1.165, 1.54) is 6.92 Å². The van der Waals surface area contributed by atoms with Crippen LogP contribution in [0.1, 0.15) is 38.3 Å². The fraction of sp³-hybridized carbons (Fsp3) is 0.429. The lowest BCUT2D eigenvalue weighted by atomic mass is 9.98. The third-order valence-electron chi connectivity index (χ3n) is 6.44. The third kappa shape index (κ3) is 9.28. The Morgan fingerprint density at radius 1 is 0.763 bits per heavy atom. The summed E-state index contributed by atoms with van der Waals surface area (Å²) in [5.41, 5.74) is 7.60. The summed E-state index contributed by atoms with van der Waals surface area (Å²) in [6.45, 7) is 5.00. The van der Waals surface area contributed by atoms with Crippen LogP contribution in [0.25, 0.3) is 0 Å². The zero-order chi connectivity index (χ0) is 28.2. The molecule has 0 heterocycles. The van der Waals surface area contributed by atoms with E-state index in [1.807, 2.05) is 44.2 Å². The Hall–Kier alpha value is -3.76. The van der Waals surface area contributed by atoms with Gasteiger partial charge >= 0.3 is 5.97 Å². The van der Waals surface area contributed by atoms with E-state index >= 15 is 0 Å². The number of nitrogens with one attached hydrogen (secondary N) is 3. The predicted molar refractivity (Wildman–Crippen MR) is 143 cm³/mol. The quantitative estimate of drug-likeness (QED) is 0.211. The van der Waals surface area contributed by atoms with Crippen molar-refractivity contribution in [2.24, 2.45) is 11.7 Å². The molecule has 0 aliphatic rings. The highest BCUT2D eigenvalue weighted by Gasteiger charge is 2.32. The SMILES string of the molecule is CCC(C)C(N)C(=O)NC(Cc1ccccc1)C(=O)NC(Cc1ccccc1)C(=O)NC(C(=O)O)C(C)O. The van der Waals surface area contributed by atoms with Gasteiger partial charge in [-0.3, -0.25) is 14.4 Å². The lowest BCUT2D eigenvalue weighted by molar-refractivity contribution is -0.145. The van der Waals surface area contributed by atoms with Gasteiger partial charge in [0.05, 0.1) is 12.1 Å². The van der Waals surface area contributed by atoms with Crippen molar-refractivity contribution in [1.82, 2.24) is 16.0 Å². The van der Waals surface area contributed by atoms with Crippen LogP contribution in [0.2, 0.25) is 0 Å². The van der Waals surface area contributed by atoms with E-state index in [4.69, 9.17) is 5.73 Å². The molecule has 3 amide bonds. The molecular weight excluding hydrogens is 488 g/mol. The number of carbonyl (C=O) groups excluding carboxylic acids is 3. The summed E-state index contributed by atoms with van der Waals surface area (Å²) in [7, 11) is 0. The number of nitrogens with two attached hydrogens (primary N) is 1. The molecule has 0 bridgehead atoms. The van der Waals surface area contributed by atoms with Crippen molar-refractivity contribution >= 4 is 23.7 Å². The number of benzene rings is 2. The van der Waals surface area contributed by atoms with E-state index in [1.54, 1.807) is 30.3 Å². The van der Waals surface area contributed by atoms with Gasteiger partial charge in [0, 0.05) is 12.8 Å². The van der Waals surface area contributed by atoms with Gasteiger partial charge in [0.15, 0.2) is 6.04 Å². The summed E-state index contributed by atoms with van der Waals surface area (Å²) < 4.78 is 0. The number of carboxylic acid groups (broad SMARTS) is 1. The molecule has 0 spiro atoms. The lowest BCUT2D eigenvalue weighted by Gasteiger charge is -2.26. The van der Waals surface area contributed by atoms with Crippen molar-refractivity contribution in [1.29, 1.82) is 0 Å². The number of carbonyl (C=O) groups is 4. The summed E-state index contributed by atoms with van der Waals surface area (Å²) in [5.74, 6) is -3.42. The molecule has 0 aliphatic heterocycles. The number of aliphatic hydroxyl groups excluding tert-OH is 1. The molecule has 0 saturated heterocycles. The van der Waals surface area contributed by atoms with Crippen LogP contribution in [0.15, 0.2) is 60.7 Å². The molecule has 0 aliphatic carbocycles. The van der Waals surface area contributed by atoms with Crippen LogP contribution in [0, 0.1) is 5.92 Å². The average Bonchev–Trinajstić information content (AvgIpc) is 2.90. The van der Waals surface area contributed by atoms with Crippen molar-refractivity contribution < 1.29 is 29.4 Å². The van der Waals surface area contributed by atoms with Crippen LogP contribution in [-0.2, 0) is 32.0 Å². The number of hydrogen-bond acceptors (Lipinski definition) is 6. The van der Waals surface area contributed by atoms with E-state index in [0.29, 0.717) is 6.42 Å². The third-order valence-corrected chi connectivity index (χ3v) is 6.44. The Bertz CT molecular complexity index is 1060. The van der Waals surface area contributed by atoms with Gasteiger partial charge in [-0.1, -0.05) is 80.9 Å². The standard InChI is InChI=1S/C28H38N4O6/c1-4-17(2)23(29)27(36)31-21(15-19-11-7-5-8-12-19)25(34)30-22(16-20-13-9-6-10-14-20)26(35)32-24(18(3)33)28(37)38/h5-14,17-18,21-24,33H,4,15-16,29H2,1-3H3,(H,30,34)(H,31,36)(H,32,35)(H,37,38). The van der Waals surface area contributed by atoms with Gasteiger partial charge in [-0.05, 0) is 24.0 Å². The molecule has 2 rings (SSSR count). The highest BCUT2D eigenvalue weighted by Crippen LogP contribution is 2.10. The fourth-order valence-corrected chi connectivity index (χ4v) is 3.81. The van der Waals surface area contributed by atoms with Crippen molar-refractivity contribution in [2.75, 3.05) is 0 Å². The maximum atomic E-state index is 13.5. The van der Waals surface area contributed by atoms with Gasteiger partial charge in [-0.25, -0.2) is 4.79 Å². The van der Waals surface area contributed by atoms with E-state index in [0.717, 1.165) is 11.1 Å². The van der Waals surface area contributed by atoms with E-state index in [9.17, 15) is 29.4 Å². The molecule has 6 unspecified atom stereocenters. The maximum absolute atomic E-state index is 13.5. The first-order valence-electron chi connectivity index (χ1n) is 12.7. The Kier molecular flexibility index (Phi) is 11.9. The van der Waals surface area contributed by atoms with Crippen LogP contribution in [-0.4, -0.2) is 64.2 Å².